The highest BCUT2D eigenvalue weighted by Gasteiger charge is 2.23. The summed E-state index contributed by atoms with van der Waals surface area (Å²) in [6, 6.07) is 0. The van der Waals surface area contributed by atoms with E-state index in [-0.39, 0.29) is 5.54 Å². The Labute approximate surface area is 105 Å². The molecule has 0 aromatic carbocycles. The van der Waals surface area contributed by atoms with E-state index in [1.807, 2.05) is 0 Å². The van der Waals surface area contributed by atoms with Crippen molar-refractivity contribution in [3.05, 3.63) is 0 Å². The lowest BCUT2D eigenvalue weighted by atomic mass is 9.95. The fourth-order valence-electron chi connectivity index (χ4n) is 2.29. The molecule has 0 saturated carbocycles. The van der Waals surface area contributed by atoms with Crippen LogP contribution in [0.3, 0.4) is 0 Å². The van der Waals surface area contributed by atoms with Crippen LogP contribution in [-0.2, 0) is 4.74 Å². The molecule has 1 N–H and O–H groups in total. The van der Waals surface area contributed by atoms with Gasteiger partial charge in [-0.05, 0) is 45.1 Å². The molecule has 0 bridgehead atoms. The minimum atomic E-state index is 0.151. The number of nitrogens with one attached hydrogen (secondary N) is 1. The third kappa shape index (κ3) is 4.23. The van der Waals surface area contributed by atoms with Crippen molar-refractivity contribution >= 4 is 11.6 Å². The average Bonchev–Trinajstić information content (AvgIpc) is 2.83. The van der Waals surface area contributed by atoms with E-state index in [4.69, 9.17) is 16.3 Å². The van der Waals surface area contributed by atoms with E-state index < -0.39 is 0 Å². The molecule has 3 heteroatoms. The fourth-order valence-corrected chi connectivity index (χ4v) is 2.76. The second kappa shape index (κ2) is 7.52. The lowest BCUT2D eigenvalue weighted by molar-refractivity contribution is 0.102. The molecule has 1 unspecified atom stereocenters. The molecule has 1 saturated heterocycles. The molecule has 0 spiro atoms. The third-order valence-electron chi connectivity index (χ3n) is 3.84. The highest BCUT2D eigenvalue weighted by molar-refractivity contribution is 6.18. The summed E-state index contributed by atoms with van der Waals surface area (Å²) in [5, 5.41) is 3.62. The Kier molecular flexibility index (Phi) is 6.71. The van der Waals surface area contributed by atoms with Crippen LogP contribution in [0.25, 0.3) is 0 Å². The fraction of sp³-hybridized carbons (Fsp3) is 1.00. The maximum absolute atomic E-state index is 6.04. The average molecular weight is 248 g/mol. The number of hydrogen-bond donors (Lipinski definition) is 1. The van der Waals surface area contributed by atoms with E-state index in [0.29, 0.717) is 12.0 Å². The summed E-state index contributed by atoms with van der Waals surface area (Å²) in [6.07, 6.45) is 7.62. The van der Waals surface area contributed by atoms with Gasteiger partial charge < -0.3 is 10.1 Å². The highest BCUT2D eigenvalue weighted by atomic mass is 35.5. The van der Waals surface area contributed by atoms with Gasteiger partial charge in [-0.15, -0.1) is 11.6 Å². The molecule has 0 radical (unpaired) electrons. The maximum Gasteiger partial charge on any atom is 0.0576 e. The van der Waals surface area contributed by atoms with Gasteiger partial charge in [0, 0.05) is 18.0 Å². The van der Waals surface area contributed by atoms with Crippen molar-refractivity contribution < 1.29 is 4.74 Å². The lowest BCUT2D eigenvalue weighted by Crippen LogP contribution is -2.46. The van der Waals surface area contributed by atoms with Crippen LogP contribution < -0.4 is 5.32 Å². The zero-order chi connectivity index (χ0) is 11.9. The topological polar surface area (TPSA) is 21.3 Å². The van der Waals surface area contributed by atoms with Crippen molar-refractivity contribution in [2.24, 2.45) is 0 Å². The summed E-state index contributed by atoms with van der Waals surface area (Å²) >= 11 is 6.04. The number of ether oxygens (including phenoxy) is 1. The zero-order valence-electron chi connectivity index (χ0n) is 10.7. The Balaban J connectivity index is 2.12. The molecule has 1 rings (SSSR count). The summed E-state index contributed by atoms with van der Waals surface area (Å²) in [6.45, 7) is 6.44. The van der Waals surface area contributed by atoms with Crippen molar-refractivity contribution in [2.45, 2.75) is 64.0 Å². The molecule has 0 amide bonds. The molecule has 1 fully saturated rings. The zero-order valence-corrected chi connectivity index (χ0v) is 11.5. The predicted molar refractivity (Wildman–Crippen MR) is 70.2 cm³/mol. The van der Waals surface area contributed by atoms with Crippen molar-refractivity contribution in [1.82, 2.24) is 5.32 Å². The van der Waals surface area contributed by atoms with Crippen LogP contribution in [0.2, 0.25) is 0 Å². The molecule has 0 aromatic rings. The number of alkyl halides is 1. The normalized spacial score (nSPS) is 21.6. The molecule has 1 aliphatic rings. The predicted octanol–water partition coefficient (Wildman–Crippen LogP) is 3.33. The highest BCUT2D eigenvalue weighted by Crippen LogP contribution is 2.19. The van der Waals surface area contributed by atoms with Gasteiger partial charge in [-0.1, -0.05) is 13.8 Å². The van der Waals surface area contributed by atoms with Crippen LogP contribution in [-0.4, -0.2) is 30.7 Å². The molecule has 0 aliphatic carbocycles. The van der Waals surface area contributed by atoms with Gasteiger partial charge in [0.1, 0.15) is 0 Å². The minimum Gasteiger partial charge on any atom is -0.378 e. The Hall–Kier alpha value is 0.210. The van der Waals surface area contributed by atoms with Crippen LogP contribution in [0.5, 0.6) is 0 Å². The van der Waals surface area contributed by atoms with Crippen molar-refractivity contribution in [3.63, 3.8) is 0 Å². The summed E-state index contributed by atoms with van der Waals surface area (Å²) in [4.78, 5) is 0. The van der Waals surface area contributed by atoms with Gasteiger partial charge >= 0.3 is 0 Å². The molecular formula is C13H26ClNO. The quantitative estimate of drug-likeness (QED) is 0.525. The third-order valence-corrected chi connectivity index (χ3v) is 4.35. The number of rotatable bonds is 8. The molecular weight excluding hydrogens is 222 g/mol. The molecule has 2 nitrogen and oxygen atoms in total. The maximum atomic E-state index is 6.04. The van der Waals surface area contributed by atoms with E-state index in [1.54, 1.807) is 0 Å². The first kappa shape index (κ1) is 14.3. The molecule has 16 heavy (non-hydrogen) atoms. The van der Waals surface area contributed by atoms with Crippen LogP contribution >= 0.6 is 11.6 Å². The first-order valence-electron chi connectivity index (χ1n) is 6.69. The molecule has 0 aromatic heterocycles. The largest absolute Gasteiger partial charge is 0.378 e. The number of halogens is 1. The van der Waals surface area contributed by atoms with E-state index in [0.717, 1.165) is 26.0 Å². The summed E-state index contributed by atoms with van der Waals surface area (Å²) in [5.74, 6) is 0.708. The van der Waals surface area contributed by atoms with Crippen LogP contribution in [0.4, 0.5) is 0 Å². The van der Waals surface area contributed by atoms with Gasteiger partial charge in [-0.2, -0.15) is 0 Å². The SMILES string of the molecule is CCC(CC)(CCl)NCCCC1CCCO1. The van der Waals surface area contributed by atoms with Crippen LogP contribution in [0.1, 0.15) is 52.4 Å². The van der Waals surface area contributed by atoms with Gasteiger partial charge in [-0.25, -0.2) is 0 Å². The van der Waals surface area contributed by atoms with Crippen LogP contribution in [0, 0.1) is 0 Å². The second-order valence-corrected chi connectivity index (χ2v) is 5.09. The van der Waals surface area contributed by atoms with Crippen LogP contribution in [0.15, 0.2) is 0 Å². The molecule has 96 valence electrons. The Morgan fingerprint density at radius 1 is 1.38 bits per heavy atom. The minimum absolute atomic E-state index is 0.151. The monoisotopic (exact) mass is 247 g/mol. The smallest absolute Gasteiger partial charge is 0.0576 e. The molecule has 1 aliphatic heterocycles. The van der Waals surface area contributed by atoms with Crippen molar-refractivity contribution in [3.8, 4) is 0 Å². The van der Waals surface area contributed by atoms with E-state index in [2.05, 4.69) is 19.2 Å². The van der Waals surface area contributed by atoms with Gasteiger partial charge in [0.15, 0.2) is 0 Å². The Morgan fingerprint density at radius 2 is 2.12 bits per heavy atom. The van der Waals surface area contributed by atoms with E-state index in [9.17, 15) is 0 Å². The summed E-state index contributed by atoms with van der Waals surface area (Å²) in [5.41, 5.74) is 0.151. The molecule has 1 heterocycles. The Morgan fingerprint density at radius 3 is 2.62 bits per heavy atom. The summed E-state index contributed by atoms with van der Waals surface area (Å²) in [7, 11) is 0. The standard InChI is InChI=1S/C13H26ClNO/c1-3-13(4-2,11-14)15-9-5-7-12-8-6-10-16-12/h12,15H,3-11H2,1-2H3. The molecule has 1 atom stereocenters. The van der Waals surface area contributed by atoms with Crippen molar-refractivity contribution in [1.29, 1.82) is 0 Å². The Bertz CT molecular complexity index is 169. The first-order valence-corrected chi connectivity index (χ1v) is 7.22. The number of hydrogen-bond acceptors (Lipinski definition) is 2. The van der Waals surface area contributed by atoms with Crippen molar-refractivity contribution in [2.75, 3.05) is 19.0 Å². The van der Waals surface area contributed by atoms with Gasteiger partial charge in [-0.3, -0.25) is 0 Å². The van der Waals surface area contributed by atoms with E-state index >= 15 is 0 Å². The van der Waals surface area contributed by atoms with Gasteiger partial charge in [0.05, 0.1) is 6.10 Å². The van der Waals surface area contributed by atoms with E-state index in [1.165, 1.54) is 25.7 Å². The first-order chi connectivity index (χ1) is 7.76. The van der Waals surface area contributed by atoms with Gasteiger partial charge in [0.25, 0.3) is 0 Å². The lowest BCUT2D eigenvalue weighted by Gasteiger charge is -2.31. The summed E-state index contributed by atoms with van der Waals surface area (Å²) < 4.78 is 5.61. The van der Waals surface area contributed by atoms with Gasteiger partial charge in [0.2, 0.25) is 0 Å². The second-order valence-electron chi connectivity index (χ2n) is 4.83.